The summed E-state index contributed by atoms with van der Waals surface area (Å²) in [6.07, 6.45) is 3.47. The van der Waals surface area contributed by atoms with Crippen molar-refractivity contribution in [2.24, 2.45) is 0 Å². The third kappa shape index (κ3) is 5.60. The Kier molecular flexibility index (Phi) is 6.67. The van der Waals surface area contributed by atoms with E-state index < -0.39 is 6.10 Å². The molecule has 0 radical (unpaired) electrons. The Morgan fingerprint density at radius 3 is 2.35 bits per heavy atom. The Hall–Kier alpha value is -2.33. The summed E-state index contributed by atoms with van der Waals surface area (Å²) >= 11 is 0. The zero-order chi connectivity index (χ0) is 18.2. The maximum Gasteiger partial charge on any atom is 0.261 e. The van der Waals surface area contributed by atoms with Crippen LogP contribution in [-0.4, -0.2) is 30.0 Å². The van der Waals surface area contributed by atoms with Crippen molar-refractivity contribution in [3.05, 3.63) is 65.7 Å². The minimum atomic E-state index is -0.518. The maximum absolute atomic E-state index is 12.2. The lowest BCUT2D eigenvalue weighted by Gasteiger charge is -2.26. The normalized spacial score (nSPS) is 16.0. The monoisotopic (exact) mass is 352 g/mol. The minimum Gasteiger partial charge on any atom is -0.481 e. The van der Waals surface area contributed by atoms with Crippen LogP contribution in [0, 0.1) is 0 Å². The Morgan fingerprint density at radius 1 is 1.00 bits per heavy atom. The van der Waals surface area contributed by atoms with Crippen LogP contribution in [0.15, 0.2) is 54.6 Å². The first kappa shape index (κ1) is 18.5. The van der Waals surface area contributed by atoms with Crippen LogP contribution in [0.2, 0.25) is 0 Å². The molecule has 26 heavy (non-hydrogen) atoms. The molecular formula is C22H28N2O2. The maximum atomic E-state index is 12.2. The number of nitrogens with zero attached hydrogens (tertiary/aromatic N) is 1. The van der Waals surface area contributed by atoms with Crippen molar-refractivity contribution in [1.29, 1.82) is 0 Å². The number of hydrogen-bond donors (Lipinski definition) is 1. The fraction of sp³-hybridized carbons (Fsp3) is 0.409. The van der Waals surface area contributed by atoms with Crippen LogP contribution in [0.4, 0.5) is 0 Å². The van der Waals surface area contributed by atoms with Gasteiger partial charge < -0.3 is 10.1 Å². The Labute approximate surface area is 156 Å². The lowest BCUT2D eigenvalue weighted by Crippen LogP contribution is -2.35. The second-order valence-electron chi connectivity index (χ2n) is 6.94. The number of piperidine rings is 1. The van der Waals surface area contributed by atoms with Gasteiger partial charge in [0.15, 0.2) is 6.10 Å². The highest BCUT2D eigenvalue weighted by Gasteiger charge is 2.14. The summed E-state index contributed by atoms with van der Waals surface area (Å²) < 4.78 is 5.65. The number of para-hydroxylation sites is 1. The molecule has 0 spiro atoms. The highest BCUT2D eigenvalue weighted by molar-refractivity contribution is 5.80. The lowest BCUT2D eigenvalue weighted by molar-refractivity contribution is -0.127. The van der Waals surface area contributed by atoms with Gasteiger partial charge in [0.05, 0.1) is 0 Å². The first-order valence-electron chi connectivity index (χ1n) is 9.50. The number of amides is 1. The fourth-order valence-electron chi connectivity index (χ4n) is 3.23. The van der Waals surface area contributed by atoms with Crippen LogP contribution in [0.1, 0.15) is 37.3 Å². The first-order chi connectivity index (χ1) is 12.7. The van der Waals surface area contributed by atoms with Gasteiger partial charge in [0, 0.05) is 13.1 Å². The number of benzene rings is 2. The molecule has 2 aromatic carbocycles. The predicted molar refractivity (Wildman–Crippen MR) is 104 cm³/mol. The molecule has 3 rings (SSSR count). The van der Waals surface area contributed by atoms with Crippen molar-refractivity contribution in [3.8, 4) is 5.75 Å². The van der Waals surface area contributed by atoms with E-state index >= 15 is 0 Å². The van der Waals surface area contributed by atoms with Gasteiger partial charge >= 0.3 is 0 Å². The van der Waals surface area contributed by atoms with Crippen LogP contribution in [0.5, 0.6) is 5.75 Å². The molecule has 1 N–H and O–H groups in total. The summed E-state index contributed by atoms with van der Waals surface area (Å²) in [5, 5.41) is 2.95. The number of hydrogen-bond acceptors (Lipinski definition) is 3. The summed E-state index contributed by atoms with van der Waals surface area (Å²) in [6.45, 7) is 5.72. The molecule has 0 aromatic heterocycles. The summed E-state index contributed by atoms with van der Waals surface area (Å²) in [4.78, 5) is 14.7. The fourth-order valence-corrected chi connectivity index (χ4v) is 3.23. The molecule has 0 unspecified atom stereocenters. The van der Waals surface area contributed by atoms with Gasteiger partial charge in [0.1, 0.15) is 5.75 Å². The Balaban J connectivity index is 1.44. The van der Waals surface area contributed by atoms with Gasteiger partial charge in [-0.25, -0.2) is 0 Å². The number of likely N-dealkylation sites (tertiary alicyclic amines) is 1. The highest BCUT2D eigenvalue weighted by Crippen LogP contribution is 2.14. The van der Waals surface area contributed by atoms with Crippen LogP contribution >= 0.6 is 0 Å². The van der Waals surface area contributed by atoms with Crippen molar-refractivity contribution < 1.29 is 9.53 Å². The lowest BCUT2D eigenvalue weighted by atomic mass is 10.1. The zero-order valence-electron chi connectivity index (χ0n) is 15.5. The first-order valence-corrected chi connectivity index (χ1v) is 9.50. The van der Waals surface area contributed by atoms with E-state index in [4.69, 9.17) is 4.74 Å². The quantitative estimate of drug-likeness (QED) is 0.825. The van der Waals surface area contributed by atoms with Gasteiger partial charge in [-0.1, -0.05) is 48.9 Å². The molecule has 0 aliphatic carbocycles. The van der Waals surface area contributed by atoms with E-state index in [2.05, 4.69) is 34.5 Å². The molecule has 0 bridgehead atoms. The topological polar surface area (TPSA) is 41.6 Å². The average Bonchev–Trinajstić information content (AvgIpc) is 2.69. The Bertz CT molecular complexity index is 679. The molecule has 1 saturated heterocycles. The number of ether oxygens (including phenoxy) is 1. The van der Waals surface area contributed by atoms with Crippen molar-refractivity contribution in [1.82, 2.24) is 10.2 Å². The van der Waals surface area contributed by atoms with Gasteiger partial charge in [-0.15, -0.1) is 0 Å². The van der Waals surface area contributed by atoms with E-state index in [9.17, 15) is 4.79 Å². The average molecular weight is 352 g/mol. The van der Waals surface area contributed by atoms with Gasteiger partial charge in [-0.05, 0) is 56.1 Å². The molecule has 1 aliphatic rings. The molecule has 4 nitrogen and oxygen atoms in total. The summed E-state index contributed by atoms with van der Waals surface area (Å²) in [5.74, 6) is 0.600. The van der Waals surface area contributed by atoms with Crippen LogP contribution < -0.4 is 10.1 Å². The van der Waals surface area contributed by atoms with Gasteiger partial charge in [-0.2, -0.15) is 0 Å². The van der Waals surface area contributed by atoms with Crippen molar-refractivity contribution in [2.45, 2.75) is 45.4 Å². The van der Waals surface area contributed by atoms with E-state index in [1.807, 2.05) is 30.3 Å². The van der Waals surface area contributed by atoms with Crippen LogP contribution in [0.3, 0.4) is 0 Å². The number of carbonyl (C=O) groups is 1. The molecule has 1 heterocycles. The molecule has 138 valence electrons. The second-order valence-corrected chi connectivity index (χ2v) is 6.94. The van der Waals surface area contributed by atoms with Crippen molar-refractivity contribution in [2.75, 3.05) is 13.1 Å². The molecule has 1 fully saturated rings. The van der Waals surface area contributed by atoms with Crippen molar-refractivity contribution >= 4 is 5.91 Å². The van der Waals surface area contributed by atoms with E-state index in [1.54, 1.807) is 6.92 Å². The van der Waals surface area contributed by atoms with Crippen LogP contribution in [0.25, 0.3) is 0 Å². The highest BCUT2D eigenvalue weighted by atomic mass is 16.5. The second kappa shape index (κ2) is 9.39. The molecule has 1 amide bonds. The number of carbonyl (C=O) groups excluding carboxylic acids is 1. The zero-order valence-corrected chi connectivity index (χ0v) is 15.5. The molecule has 1 atom stereocenters. The number of nitrogens with one attached hydrogen (secondary N) is 1. The standard InChI is InChI=1S/C22H28N2O2/c1-18(26-21-8-4-2-5-9-21)22(25)23-16-19-10-12-20(13-11-19)17-24-14-6-3-7-15-24/h2,4-5,8-13,18H,3,6-7,14-17H2,1H3,(H,23,25)/t18-/m1/s1. The number of rotatable bonds is 7. The van der Waals surface area contributed by atoms with E-state index in [0.29, 0.717) is 12.3 Å². The van der Waals surface area contributed by atoms with Gasteiger partial charge in [0.2, 0.25) is 0 Å². The molecule has 1 aliphatic heterocycles. The van der Waals surface area contributed by atoms with E-state index in [0.717, 1.165) is 12.1 Å². The van der Waals surface area contributed by atoms with E-state index in [1.165, 1.54) is 37.9 Å². The molecular weight excluding hydrogens is 324 g/mol. The Morgan fingerprint density at radius 2 is 1.65 bits per heavy atom. The van der Waals surface area contributed by atoms with Crippen LogP contribution in [-0.2, 0) is 17.9 Å². The predicted octanol–water partition coefficient (Wildman–Crippen LogP) is 3.76. The summed E-state index contributed by atoms with van der Waals surface area (Å²) in [6, 6.07) is 17.9. The van der Waals surface area contributed by atoms with Gasteiger partial charge in [-0.3, -0.25) is 9.69 Å². The SMILES string of the molecule is C[C@@H](Oc1ccccc1)C(=O)NCc1ccc(CN2CCCCC2)cc1. The largest absolute Gasteiger partial charge is 0.481 e. The molecule has 0 saturated carbocycles. The van der Waals surface area contributed by atoms with Gasteiger partial charge in [0.25, 0.3) is 5.91 Å². The smallest absolute Gasteiger partial charge is 0.261 e. The third-order valence-electron chi connectivity index (χ3n) is 4.77. The van der Waals surface area contributed by atoms with Crippen molar-refractivity contribution in [3.63, 3.8) is 0 Å². The minimum absolute atomic E-state index is 0.105. The molecule has 2 aromatic rings. The summed E-state index contributed by atoms with van der Waals surface area (Å²) in [7, 11) is 0. The molecule has 4 heteroatoms. The summed E-state index contributed by atoms with van der Waals surface area (Å²) in [5.41, 5.74) is 2.44. The third-order valence-corrected chi connectivity index (χ3v) is 4.77. The van der Waals surface area contributed by atoms with E-state index in [-0.39, 0.29) is 5.91 Å².